The van der Waals surface area contributed by atoms with Crippen molar-refractivity contribution in [3.63, 3.8) is 0 Å². The summed E-state index contributed by atoms with van der Waals surface area (Å²) in [6.07, 6.45) is 1.92. The number of amides is 1. The molecule has 2 rings (SSSR count). The maximum atomic E-state index is 11.0. The van der Waals surface area contributed by atoms with Gasteiger partial charge >= 0.3 is 0 Å². The van der Waals surface area contributed by atoms with Gasteiger partial charge < -0.3 is 10.6 Å². The van der Waals surface area contributed by atoms with Gasteiger partial charge in [-0.2, -0.15) is 5.10 Å². The second-order valence-electron chi connectivity index (χ2n) is 4.02. The van der Waals surface area contributed by atoms with Crippen molar-refractivity contribution in [3.8, 4) is 0 Å². The largest absolute Gasteiger partial charge is 0.325 e. The molecule has 1 amide bonds. The van der Waals surface area contributed by atoms with E-state index in [0.29, 0.717) is 0 Å². The third-order valence-electron chi connectivity index (χ3n) is 2.42. The molecule has 0 radical (unpaired) electrons. The van der Waals surface area contributed by atoms with E-state index in [0.717, 1.165) is 29.3 Å². The van der Waals surface area contributed by atoms with Gasteiger partial charge in [-0.1, -0.05) is 0 Å². The fourth-order valence-electron chi connectivity index (χ4n) is 1.64. The minimum atomic E-state index is -0.0422. The molecule has 0 aliphatic heterocycles. The summed E-state index contributed by atoms with van der Waals surface area (Å²) in [6, 6.07) is 3.90. The predicted molar refractivity (Wildman–Crippen MR) is 72.4 cm³/mol. The lowest BCUT2D eigenvalue weighted by atomic mass is 10.3. The van der Waals surface area contributed by atoms with E-state index in [-0.39, 0.29) is 5.91 Å². The van der Waals surface area contributed by atoms with E-state index in [2.05, 4.69) is 15.7 Å². The van der Waals surface area contributed by atoms with Crippen molar-refractivity contribution in [3.05, 3.63) is 34.3 Å². The summed E-state index contributed by atoms with van der Waals surface area (Å²) >= 11 is 1.63. The van der Waals surface area contributed by atoms with Crippen LogP contribution in [-0.2, 0) is 24.9 Å². The maximum absolute atomic E-state index is 11.0. The Morgan fingerprint density at radius 3 is 2.94 bits per heavy atom. The lowest BCUT2D eigenvalue weighted by Gasteiger charge is -2.05. The van der Waals surface area contributed by atoms with Crippen LogP contribution in [0.1, 0.15) is 17.5 Å². The van der Waals surface area contributed by atoms with Crippen molar-refractivity contribution < 1.29 is 4.79 Å². The molecule has 2 aromatic heterocycles. The number of hydrogen-bond acceptors (Lipinski definition) is 4. The Morgan fingerprint density at radius 2 is 2.28 bits per heavy atom. The minimum absolute atomic E-state index is 0.0422. The molecular formula is C12H16N4OS. The van der Waals surface area contributed by atoms with Crippen molar-refractivity contribution in [1.29, 1.82) is 0 Å². The molecule has 0 saturated carbocycles. The minimum Gasteiger partial charge on any atom is -0.325 e. The standard InChI is InChI=1S/C12H16N4OS/c1-9(17)14-11-4-6-18-12(11)8-13-7-10-3-5-16(2)15-10/h3-6,13H,7-8H2,1-2H3,(H,14,17). The van der Waals surface area contributed by atoms with Crippen molar-refractivity contribution in [2.75, 3.05) is 5.32 Å². The van der Waals surface area contributed by atoms with Gasteiger partial charge in [0.2, 0.25) is 5.91 Å². The summed E-state index contributed by atoms with van der Waals surface area (Å²) in [5.74, 6) is -0.0422. The first-order valence-corrected chi connectivity index (χ1v) is 6.56. The van der Waals surface area contributed by atoms with Crippen molar-refractivity contribution in [2.24, 2.45) is 7.05 Å². The van der Waals surface area contributed by atoms with Gasteiger partial charge in [0.15, 0.2) is 0 Å². The molecule has 0 unspecified atom stereocenters. The molecular weight excluding hydrogens is 248 g/mol. The average Bonchev–Trinajstić information content (AvgIpc) is 2.88. The number of thiophene rings is 1. The van der Waals surface area contributed by atoms with E-state index in [9.17, 15) is 4.79 Å². The molecule has 0 spiro atoms. The van der Waals surface area contributed by atoms with Gasteiger partial charge in [-0.25, -0.2) is 0 Å². The van der Waals surface area contributed by atoms with Gasteiger partial charge in [-0.05, 0) is 17.5 Å². The SMILES string of the molecule is CC(=O)Nc1ccsc1CNCc1ccn(C)n1. The highest BCUT2D eigenvalue weighted by atomic mass is 32.1. The molecule has 0 atom stereocenters. The molecule has 0 fully saturated rings. The molecule has 0 bridgehead atoms. The van der Waals surface area contributed by atoms with Crippen LogP contribution in [0.25, 0.3) is 0 Å². The molecule has 2 heterocycles. The Labute approximate surface area is 110 Å². The van der Waals surface area contributed by atoms with Crippen LogP contribution in [-0.4, -0.2) is 15.7 Å². The van der Waals surface area contributed by atoms with Crippen LogP contribution >= 0.6 is 11.3 Å². The van der Waals surface area contributed by atoms with Crippen molar-refractivity contribution >= 4 is 22.9 Å². The zero-order valence-corrected chi connectivity index (χ0v) is 11.3. The van der Waals surface area contributed by atoms with Gasteiger partial charge in [-0.3, -0.25) is 9.48 Å². The van der Waals surface area contributed by atoms with Gasteiger partial charge in [0.05, 0.1) is 11.4 Å². The second-order valence-corrected chi connectivity index (χ2v) is 5.02. The van der Waals surface area contributed by atoms with E-state index >= 15 is 0 Å². The number of carbonyl (C=O) groups excluding carboxylic acids is 1. The Balaban J connectivity index is 1.86. The van der Waals surface area contributed by atoms with Crippen molar-refractivity contribution in [1.82, 2.24) is 15.1 Å². The van der Waals surface area contributed by atoms with Crippen LogP contribution in [0, 0.1) is 0 Å². The monoisotopic (exact) mass is 264 g/mol. The third kappa shape index (κ3) is 3.41. The number of nitrogens with one attached hydrogen (secondary N) is 2. The molecule has 6 heteroatoms. The number of nitrogens with zero attached hydrogens (tertiary/aromatic N) is 2. The molecule has 5 nitrogen and oxygen atoms in total. The Hall–Kier alpha value is -1.66. The molecule has 18 heavy (non-hydrogen) atoms. The lowest BCUT2D eigenvalue weighted by Crippen LogP contribution is -2.14. The number of anilines is 1. The summed E-state index contributed by atoms with van der Waals surface area (Å²) in [5.41, 5.74) is 1.90. The smallest absolute Gasteiger partial charge is 0.221 e. The van der Waals surface area contributed by atoms with E-state index in [1.807, 2.05) is 30.8 Å². The highest BCUT2D eigenvalue weighted by Gasteiger charge is 2.05. The Morgan fingerprint density at radius 1 is 1.44 bits per heavy atom. The molecule has 0 saturated heterocycles. The van der Waals surface area contributed by atoms with Crippen LogP contribution in [0.15, 0.2) is 23.7 Å². The summed E-state index contributed by atoms with van der Waals surface area (Å²) < 4.78 is 1.78. The normalized spacial score (nSPS) is 10.6. The highest BCUT2D eigenvalue weighted by Crippen LogP contribution is 2.21. The van der Waals surface area contributed by atoms with E-state index in [1.165, 1.54) is 6.92 Å². The molecule has 0 aliphatic rings. The third-order valence-corrected chi connectivity index (χ3v) is 3.34. The van der Waals surface area contributed by atoms with Crippen LogP contribution < -0.4 is 10.6 Å². The highest BCUT2D eigenvalue weighted by molar-refractivity contribution is 7.10. The van der Waals surface area contributed by atoms with Crippen LogP contribution in [0.5, 0.6) is 0 Å². The predicted octanol–water partition coefficient (Wildman–Crippen LogP) is 1.73. The first-order chi connectivity index (χ1) is 8.65. The fourth-order valence-corrected chi connectivity index (χ4v) is 2.44. The van der Waals surface area contributed by atoms with Crippen LogP contribution in [0.4, 0.5) is 5.69 Å². The van der Waals surface area contributed by atoms with Crippen LogP contribution in [0.3, 0.4) is 0 Å². The molecule has 0 aromatic carbocycles. The van der Waals surface area contributed by atoms with Gasteiger partial charge in [0.25, 0.3) is 0 Å². The van der Waals surface area contributed by atoms with E-state index in [4.69, 9.17) is 0 Å². The maximum Gasteiger partial charge on any atom is 0.221 e. The van der Waals surface area contributed by atoms with Gasteiger partial charge in [-0.15, -0.1) is 11.3 Å². The first kappa shape index (κ1) is 12.8. The summed E-state index contributed by atoms with van der Waals surface area (Å²) in [4.78, 5) is 12.1. The molecule has 0 aliphatic carbocycles. The van der Waals surface area contributed by atoms with Gasteiger partial charge in [0.1, 0.15) is 0 Å². The van der Waals surface area contributed by atoms with Gasteiger partial charge in [0, 0.05) is 38.1 Å². The number of carbonyl (C=O) groups is 1. The molecule has 2 N–H and O–H groups in total. The summed E-state index contributed by atoms with van der Waals surface area (Å²) in [6.45, 7) is 2.96. The zero-order valence-electron chi connectivity index (χ0n) is 10.4. The number of aryl methyl sites for hydroxylation is 1. The second kappa shape index (κ2) is 5.79. The van der Waals surface area contributed by atoms with E-state index in [1.54, 1.807) is 16.0 Å². The lowest BCUT2D eigenvalue weighted by molar-refractivity contribution is -0.114. The molecule has 96 valence electrons. The summed E-state index contributed by atoms with van der Waals surface area (Å²) in [5, 5.41) is 12.4. The van der Waals surface area contributed by atoms with Crippen molar-refractivity contribution in [2.45, 2.75) is 20.0 Å². The number of rotatable bonds is 5. The Kier molecular flexibility index (Phi) is 4.11. The molecule has 2 aromatic rings. The Bertz CT molecular complexity index is 532. The first-order valence-electron chi connectivity index (χ1n) is 5.68. The number of aromatic nitrogens is 2. The van der Waals surface area contributed by atoms with E-state index < -0.39 is 0 Å². The quantitative estimate of drug-likeness (QED) is 0.864. The zero-order chi connectivity index (χ0) is 13.0. The summed E-state index contributed by atoms with van der Waals surface area (Å²) in [7, 11) is 1.90. The fraction of sp³-hybridized carbons (Fsp3) is 0.333. The van der Waals surface area contributed by atoms with Crippen LogP contribution in [0.2, 0.25) is 0 Å². The average molecular weight is 264 g/mol. The number of hydrogen-bond donors (Lipinski definition) is 2. The topological polar surface area (TPSA) is 59.0 Å².